The number of pyridine rings is 2. The molecule has 0 atom stereocenters. The highest BCUT2D eigenvalue weighted by Crippen LogP contribution is 2.07. The van der Waals surface area contributed by atoms with Gasteiger partial charge in [0.1, 0.15) is 24.6 Å². The molecule has 0 aliphatic carbocycles. The van der Waals surface area contributed by atoms with Crippen molar-refractivity contribution in [3.05, 3.63) is 147 Å². The molecule has 0 spiro atoms. The van der Waals surface area contributed by atoms with Crippen molar-refractivity contribution in [3.8, 4) is 5.82 Å². The number of benzene rings is 2. The predicted molar refractivity (Wildman–Crippen MR) is 160 cm³/mol. The molecule has 0 unspecified atom stereocenters. The fraction of sp³-hybridized carbons (Fsp3) is 0.0968. The van der Waals surface area contributed by atoms with E-state index in [1.165, 1.54) is 22.9 Å². The number of carbonyl (C=O) groups is 2. The Bertz CT molecular complexity index is 1760. The van der Waals surface area contributed by atoms with Gasteiger partial charge < -0.3 is 14.5 Å². The van der Waals surface area contributed by atoms with Gasteiger partial charge in [0.15, 0.2) is 5.82 Å². The first kappa shape index (κ1) is 29.9. The molecule has 0 aliphatic rings. The van der Waals surface area contributed by atoms with Gasteiger partial charge in [-0.1, -0.05) is 60.7 Å². The van der Waals surface area contributed by atoms with E-state index in [4.69, 9.17) is 9.47 Å². The van der Waals surface area contributed by atoms with Crippen molar-refractivity contribution < 1.29 is 19.1 Å². The van der Waals surface area contributed by atoms with Crippen LogP contribution in [0.4, 0.5) is 21.0 Å². The first-order valence-corrected chi connectivity index (χ1v) is 13.0. The highest BCUT2D eigenvalue weighted by atomic mass is 16.6. The number of hydrogen-bond donors (Lipinski definition) is 3. The van der Waals surface area contributed by atoms with Crippen LogP contribution < -0.4 is 21.8 Å². The van der Waals surface area contributed by atoms with E-state index in [1.807, 2.05) is 60.7 Å². The van der Waals surface area contributed by atoms with Crippen molar-refractivity contribution in [2.24, 2.45) is 0 Å². The number of hydrogen-bond acceptors (Lipinski definition) is 8. The lowest BCUT2D eigenvalue weighted by Crippen LogP contribution is -2.25. The Morgan fingerprint density at radius 3 is 1.86 bits per heavy atom. The third-order valence-electron chi connectivity index (χ3n) is 5.69. The minimum absolute atomic E-state index is 0.0999. The van der Waals surface area contributed by atoms with Crippen molar-refractivity contribution in [1.29, 1.82) is 0 Å². The van der Waals surface area contributed by atoms with E-state index < -0.39 is 17.7 Å². The van der Waals surface area contributed by atoms with E-state index in [1.54, 1.807) is 37.4 Å². The summed E-state index contributed by atoms with van der Waals surface area (Å²) in [6, 6.07) is 28.3. The van der Waals surface area contributed by atoms with E-state index in [0.717, 1.165) is 16.8 Å². The normalized spacial score (nSPS) is 10.1. The maximum atomic E-state index is 12.5. The SMILES string of the molecule is Cc1ccc(-n2cccc(NC(=O)OCc3ccccc3)c2=O)nn1.O=C(Nc1ccc[nH]c1=O)OCc1ccccc1. The van der Waals surface area contributed by atoms with Gasteiger partial charge in [-0.25, -0.2) is 9.59 Å². The number of amides is 2. The van der Waals surface area contributed by atoms with Gasteiger partial charge in [0.25, 0.3) is 11.1 Å². The van der Waals surface area contributed by atoms with Gasteiger partial charge in [0, 0.05) is 12.4 Å². The Kier molecular flexibility index (Phi) is 10.5. The molecule has 0 aliphatic heterocycles. The van der Waals surface area contributed by atoms with Crippen LogP contribution in [-0.4, -0.2) is 31.9 Å². The number of anilines is 2. The minimum Gasteiger partial charge on any atom is -0.444 e. The third-order valence-corrected chi connectivity index (χ3v) is 5.69. The van der Waals surface area contributed by atoms with Gasteiger partial charge in [-0.2, -0.15) is 5.10 Å². The van der Waals surface area contributed by atoms with Gasteiger partial charge in [-0.05, 0) is 54.4 Å². The van der Waals surface area contributed by atoms with Crippen molar-refractivity contribution in [1.82, 2.24) is 19.7 Å². The zero-order valence-electron chi connectivity index (χ0n) is 23.1. The Hall–Kier alpha value is -6.04. The van der Waals surface area contributed by atoms with Gasteiger partial charge in [0.2, 0.25) is 0 Å². The monoisotopic (exact) mass is 580 g/mol. The fourth-order valence-electron chi connectivity index (χ4n) is 3.55. The number of aromatic amines is 1. The largest absolute Gasteiger partial charge is 0.444 e. The Morgan fingerprint density at radius 1 is 0.721 bits per heavy atom. The number of aryl methyl sites for hydroxylation is 1. The van der Waals surface area contributed by atoms with E-state index in [9.17, 15) is 19.2 Å². The third kappa shape index (κ3) is 9.25. The molecular weight excluding hydrogens is 552 g/mol. The van der Waals surface area contributed by atoms with Crippen LogP contribution in [0.2, 0.25) is 0 Å². The Balaban J connectivity index is 0.000000208. The van der Waals surface area contributed by atoms with Gasteiger partial charge in [0.05, 0.1) is 5.69 Å². The predicted octanol–water partition coefficient (Wildman–Crippen LogP) is 4.81. The van der Waals surface area contributed by atoms with Crippen molar-refractivity contribution >= 4 is 23.6 Å². The molecular formula is C31H28N6O6. The maximum absolute atomic E-state index is 12.5. The lowest BCUT2D eigenvalue weighted by Gasteiger charge is -2.09. The van der Waals surface area contributed by atoms with Crippen LogP contribution in [0.15, 0.2) is 119 Å². The number of ether oxygens (including phenoxy) is 2. The van der Waals surface area contributed by atoms with Crippen LogP contribution in [0.3, 0.4) is 0 Å². The van der Waals surface area contributed by atoms with E-state index >= 15 is 0 Å². The van der Waals surface area contributed by atoms with Crippen LogP contribution in [0, 0.1) is 6.92 Å². The molecule has 2 amide bonds. The Morgan fingerprint density at radius 2 is 1.30 bits per heavy atom. The van der Waals surface area contributed by atoms with Crippen molar-refractivity contribution in [3.63, 3.8) is 0 Å². The lowest BCUT2D eigenvalue weighted by atomic mass is 10.2. The van der Waals surface area contributed by atoms with Gasteiger partial charge >= 0.3 is 12.2 Å². The number of rotatable bonds is 7. The zero-order chi connectivity index (χ0) is 30.4. The summed E-state index contributed by atoms with van der Waals surface area (Å²) in [5.74, 6) is 0.372. The summed E-state index contributed by atoms with van der Waals surface area (Å²) < 4.78 is 11.4. The second kappa shape index (κ2) is 15.1. The standard InChI is InChI=1S/C18H16N4O3.C13H12N2O3/c1-13-9-10-16(21-20-13)22-11-5-8-15(17(22)23)19-18(24)25-12-14-6-3-2-4-7-14;16-12-11(7-4-8-14-12)15-13(17)18-9-10-5-2-1-3-6-10/h2-11H,12H2,1H3,(H,19,24);1-8H,9H2,(H,14,16)(H,15,17). The molecule has 0 saturated carbocycles. The summed E-state index contributed by atoms with van der Waals surface area (Å²) >= 11 is 0. The summed E-state index contributed by atoms with van der Waals surface area (Å²) in [4.78, 5) is 49.6. The topological polar surface area (TPSA) is 157 Å². The molecule has 5 aromatic rings. The average molecular weight is 581 g/mol. The lowest BCUT2D eigenvalue weighted by molar-refractivity contribution is 0.154. The average Bonchev–Trinajstić information content (AvgIpc) is 3.03. The van der Waals surface area contributed by atoms with E-state index in [2.05, 4.69) is 25.8 Å². The zero-order valence-corrected chi connectivity index (χ0v) is 23.1. The Labute approximate surface area is 246 Å². The summed E-state index contributed by atoms with van der Waals surface area (Å²) in [5, 5.41) is 12.7. The molecule has 3 aromatic heterocycles. The summed E-state index contributed by atoms with van der Waals surface area (Å²) in [5.41, 5.74) is 1.97. The number of nitrogens with one attached hydrogen (secondary N) is 3. The highest BCUT2D eigenvalue weighted by molar-refractivity contribution is 5.84. The molecule has 0 radical (unpaired) electrons. The second-order valence-electron chi connectivity index (χ2n) is 8.92. The van der Waals surface area contributed by atoms with Crippen LogP contribution in [0.1, 0.15) is 16.8 Å². The maximum Gasteiger partial charge on any atom is 0.412 e. The highest BCUT2D eigenvalue weighted by Gasteiger charge is 2.11. The van der Waals surface area contributed by atoms with Crippen molar-refractivity contribution in [2.75, 3.05) is 10.6 Å². The quantitative estimate of drug-likeness (QED) is 0.248. The first-order valence-electron chi connectivity index (χ1n) is 13.0. The molecule has 0 saturated heterocycles. The molecule has 2 aromatic carbocycles. The van der Waals surface area contributed by atoms with E-state index in [-0.39, 0.29) is 30.1 Å². The van der Waals surface area contributed by atoms with Crippen molar-refractivity contribution in [2.45, 2.75) is 20.1 Å². The molecule has 43 heavy (non-hydrogen) atoms. The van der Waals surface area contributed by atoms with Gasteiger partial charge in [-0.15, -0.1) is 5.10 Å². The minimum atomic E-state index is -0.700. The molecule has 12 nitrogen and oxygen atoms in total. The molecule has 12 heteroatoms. The van der Waals surface area contributed by atoms with Crippen LogP contribution in [0.25, 0.3) is 5.82 Å². The first-order chi connectivity index (χ1) is 20.9. The number of nitrogens with zero attached hydrogens (tertiary/aromatic N) is 3. The summed E-state index contributed by atoms with van der Waals surface area (Å²) in [6.07, 6.45) is 1.69. The van der Waals surface area contributed by atoms with Crippen LogP contribution >= 0.6 is 0 Å². The van der Waals surface area contributed by atoms with E-state index in [0.29, 0.717) is 5.82 Å². The fourth-order valence-corrected chi connectivity index (χ4v) is 3.55. The number of aromatic nitrogens is 4. The number of H-pyrrole nitrogens is 1. The summed E-state index contributed by atoms with van der Waals surface area (Å²) in [6.45, 7) is 2.09. The van der Waals surface area contributed by atoms with Crippen LogP contribution in [-0.2, 0) is 22.7 Å². The molecule has 3 heterocycles. The van der Waals surface area contributed by atoms with Crippen LogP contribution in [0.5, 0.6) is 0 Å². The molecule has 0 fully saturated rings. The summed E-state index contributed by atoms with van der Waals surface area (Å²) in [7, 11) is 0. The molecule has 5 rings (SSSR count). The molecule has 0 bridgehead atoms. The molecule has 3 N–H and O–H groups in total. The number of carbonyl (C=O) groups excluding carboxylic acids is 2. The smallest absolute Gasteiger partial charge is 0.412 e. The second-order valence-corrected chi connectivity index (χ2v) is 8.92. The molecule has 218 valence electrons. The van der Waals surface area contributed by atoms with Gasteiger partial charge in [-0.3, -0.25) is 24.8 Å².